The van der Waals surface area contributed by atoms with E-state index in [4.69, 9.17) is 0 Å². The summed E-state index contributed by atoms with van der Waals surface area (Å²) in [6, 6.07) is 9.75. The molecular formula is C22H28N4O3. The van der Waals surface area contributed by atoms with Gasteiger partial charge in [-0.15, -0.1) is 0 Å². The Hall–Kier alpha value is -2.67. The predicted octanol–water partition coefficient (Wildman–Crippen LogP) is 1.71. The lowest BCUT2D eigenvalue weighted by molar-refractivity contribution is -0.139. The molecule has 1 saturated carbocycles. The fourth-order valence-electron chi connectivity index (χ4n) is 4.45. The first-order valence-corrected chi connectivity index (χ1v) is 10.4. The van der Waals surface area contributed by atoms with Crippen molar-refractivity contribution in [3.8, 4) is 0 Å². The van der Waals surface area contributed by atoms with Crippen molar-refractivity contribution in [2.24, 2.45) is 0 Å². The third kappa shape index (κ3) is 4.19. The Morgan fingerprint density at radius 3 is 2.41 bits per heavy atom. The maximum Gasteiger partial charge on any atom is 0.325 e. The van der Waals surface area contributed by atoms with E-state index in [1.807, 2.05) is 18.2 Å². The van der Waals surface area contributed by atoms with E-state index in [9.17, 15) is 14.4 Å². The number of imide groups is 1. The van der Waals surface area contributed by atoms with Crippen LogP contribution in [0.25, 0.3) is 6.08 Å². The van der Waals surface area contributed by atoms with Gasteiger partial charge >= 0.3 is 6.03 Å². The molecule has 0 bridgehead atoms. The van der Waals surface area contributed by atoms with Crippen LogP contribution in [0.2, 0.25) is 0 Å². The molecule has 3 fully saturated rings. The van der Waals surface area contributed by atoms with Crippen LogP contribution in [-0.2, 0) is 9.59 Å². The molecule has 3 aliphatic rings. The number of rotatable bonds is 5. The van der Waals surface area contributed by atoms with Crippen LogP contribution < -0.4 is 5.32 Å². The topological polar surface area (TPSA) is 73.0 Å². The third-order valence-corrected chi connectivity index (χ3v) is 6.19. The summed E-state index contributed by atoms with van der Waals surface area (Å²) in [6.45, 7) is 3.50. The fraction of sp³-hybridized carbons (Fsp3) is 0.500. The normalized spacial score (nSPS) is 22.1. The van der Waals surface area contributed by atoms with Gasteiger partial charge in [0.15, 0.2) is 0 Å². The molecule has 1 spiro atoms. The third-order valence-electron chi connectivity index (χ3n) is 6.19. The van der Waals surface area contributed by atoms with E-state index in [0.29, 0.717) is 25.9 Å². The second-order valence-electron chi connectivity index (χ2n) is 8.11. The number of carbonyl (C=O) groups excluding carboxylic acids is 3. The molecule has 7 nitrogen and oxygen atoms in total. The zero-order valence-corrected chi connectivity index (χ0v) is 16.7. The SMILES string of the molecule is O=C(CN1C(=O)NC2(CCCC2)C1=O)N1CCN(C/C=C/c2ccccc2)CC1. The van der Waals surface area contributed by atoms with Gasteiger partial charge in [-0.3, -0.25) is 19.4 Å². The van der Waals surface area contributed by atoms with Crippen LogP contribution in [-0.4, -0.2) is 77.4 Å². The molecule has 4 amide bonds. The van der Waals surface area contributed by atoms with Crippen molar-refractivity contribution in [1.29, 1.82) is 0 Å². The summed E-state index contributed by atoms with van der Waals surface area (Å²) in [5, 5.41) is 2.83. The van der Waals surface area contributed by atoms with Gasteiger partial charge in [0.05, 0.1) is 0 Å². The van der Waals surface area contributed by atoms with E-state index in [1.54, 1.807) is 4.90 Å². The van der Waals surface area contributed by atoms with Crippen LogP contribution in [0.15, 0.2) is 36.4 Å². The van der Waals surface area contributed by atoms with Crippen molar-refractivity contribution >= 4 is 23.9 Å². The van der Waals surface area contributed by atoms with Crippen molar-refractivity contribution < 1.29 is 14.4 Å². The van der Waals surface area contributed by atoms with Gasteiger partial charge in [0.1, 0.15) is 12.1 Å². The molecule has 154 valence electrons. The van der Waals surface area contributed by atoms with E-state index >= 15 is 0 Å². The van der Waals surface area contributed by atoms with Crippen LogP contribution in [0.1, 0.15) is 31.2 Å². The molecule has 2 aliphatic heterocycles. The first kappa shape index (κ1) is 19.6. The summed E-state index contributed by atoms with van der Waals surface area (Å²) in [7, 11) is 0. The second-order valence-corrected chi connectivity index (χ2v) is 8.11. The molecule has 0 aromatic heterocycles. The Bertz CT molecular complexity index is 794. The summed E-state index contributed by atoms with van der Waals surface area (Å²) in [5.41, 5.74) is 0.427. The van der Waals surface area contributed by atoms with E-state index < -0.39 is 11.6 Å². The number of nitrogens with one attached hydrogen (secondary N) is 1. The molecule has 1 N–H and O–H groups in total. The maximum absolute atomic E-state index is 12.7. The molecule has 0 atom stereocenters. The van der Waals surface area contributed by atoms with Crippen LogP contribution in [0.3, 0.4) is 0 Å². The number of benzene rings is 1. The Labute approximate surface area is 171 Å². The largest absolute Gasteiger partial charge is 0.339 e. The van der Waals surface area contributed by atoms with Crippen LogP contribution in [0, 0.1) is 0 Å². The Balaban J connectivity index is 1.24. The van der Waals surface area contributed by atoms with Crippen LogP contribution >= 0.6 is 0 Å². The molecule has 0 unspecified atom stereocenters. The number of amides is 4. The monoisotopic (exact) mass is 396 g/mol. The van der Waals surface area contributed by atoms with E-state index in [2.05, 4.69) is 34.5 Å². The zero-order chi connectivity index (χ0) is 20.3. The fourth-order valence-corrected chi connectivity index (χ4v) is 4.45. The van der Waals surface area contributed by atoms with Gasteiger partial charge in [0, 0.05) is 32.7 Å². The lowest BCUT2D eigenvalue weighted by atomic mass is 9.98. The second kappa shape index (κ2) is 8.37. The van der Waals surface area contributed by atoms with Gasteiger partial charge in [-0.1, -0.05) is 55.3 Å². The molecule has 1 aliphatic carbocycles. The number of carbonyl (C=O) groups is 3. The standard InChI is InChI=1S/C22H28N4O3/c27-19(17-26-20(28)22(23-21(26)29)10-4-5-11-22)25-15-13-24(14-16-25)12-6-9-18-7-2-1-3-8-18/h1-3,6-9H,4-5,10-17H2,(H,23,29)/b9-6+. The van der Waals surface area contributed by atoms with Gasteiger partial charge in [0.25, 0.3) is 5.91 Å². The molecule has 1 aromatic rings. The highest BCUT2D eigenvalue weighted by Crippen LogP contribution is 2.34. The molecule has 1 aromatic carbocycles. The molecule has 7 heteroatoms. The van der Waals surface area contributed by atoms with Crippen molar-refractivity contribution in [2.45, 2.75) is 31.2 Å². The summed E-state index contributed by atoms with van der Waals surface area (Å²) >= 11 is 0. The van der Waals surface area contributed by atoms with E-state index in [-0.39, 0.29) is 18.4 Å². The van der Waals surface area contributed by atoms with E-state index in [0.717, 1.165) is 37.4 Å². The number of piperazine rings is 1. The minimum atomic E-state index is -0.749. The quantitative estimate of drug-likeness (QED) is 0.769. The average Bonchev–Trinajstić information content (AvgIpc) is 3.30. The Kier molecular flexibility index (Phi) is 5.67. The molecule has 0 radical (unpaired) electrons. The lowest BCUT2D eigenvalue weighted by Gasteiger charge is -2.34. The molecule has 2 heterocycles. The predicted molar refractivity (Wildman–Crippen MR) is 110 cm³/mol. The molecule has 4 rings (SSSR count). The Morgan fingerprint density at radius 1 is 1.03 bits per heavy atom. The molecule has 29 heavy (non-hydrogen) atoms. The van der Waals surface area contributed by atoms with Gasteiger partial charge in [-0.2, -0.15) is 0 Å². The average molecular weight is 396 g/mol. The first-order valence-electron chi connectivity index (χ1n) is 10.4. The number of hydrogen-bond acceptors (Lipinski definition) is 4. The minimum absolute atomic E-state index is 0.150. The van der Waals surface area contributed by atoms with Gasteiger partial charge < -0.3 is 10.2 Å². The van der Waals surface area contributed by atoms with Crippen molar-refractivity contribution in [2.75, 3.05) is 39.3 Å². The number of nitrogens with zero attached hydrogens (tertiary/aromatic N) is 3. The number of hydrogen-bond donors (Lipinski definition) is 1. The van der Waals surface area contributed by atoms with Crippen molar-refractivity contribution in [3.63, 3.8) is 0 Å². The maximum atomic E-state index is 12.7. The van der Waals surface area contributed by atoms with E-state index in [1.165, 1.54) is 5.56 Å². The highest BCUT2D eigenvalue weighted by atomic mass is 16.2. The zero-order valence-electron chi connectivity index (χ0n) is 16.7. The van der Waals surface area contributed by atoms with Gasteiger partial charge in [-0.05, 0) is 18.4 Å². The summed E-state index contributed by atoms with van der Waals surface area (Å²) in [4.78, 5) is 42.8. The minimum Gasteiger partial charge on any atom is -0.339 e. The molecule has 2 saturated heterocycles. The van der Waals surface area contributed by atoms with Crippen molar-refractivity contribution in [3.05, 3.63) is 42.0 Å². The first-order chi connectivity index (χ1) is 14.1. The smallest absolute Gasteiger partial charge is 0.325 e. The summed E-state index contributed by atoms with van der Waals surface area (Å²) < 4.78 is 0. The van der Waals surface area contributed by atoms with Crippen LogP contribution in [0.4, 0.5) is 4.79 Å². The number of urea groups is 1. The summed E-state index contributed by atoms with van der Waals surface area (Å²) in [5.74, 6) is -0.374. The highest BCUT2D eigenvalue weighted by molar-refractivity contribution is 6.09. The Morgan fingerprint density at radius 2 is 1.72 bits per heavy atom. The molecular weight excluding hydrogens is 368 g/mol. The van der Waals surface area contributed by atoms with Crippen molar-refractivity contribution in [1.82, 2.24) is 20.0 Å². The van der Waals surface area contributed by atoms with Crippen LogP contribution in [0.5, 0.6) is 0 Å². The van der Waals surface area contributed by atoms with Gasteiger partial charge in [0.2, 0.25) is 5.91 Å². The van der Waals surface area contributed by atoms with Gasteiger partial charge in [-0.25, -0.2) is 4.79 Å². The highest BCUT2D eigenvalue weighted by Gasteiger charge is 2.52. The summed E-state index contributed by atoms with van der Waals surface area (Å²) in [6.07, 6.45) is 7.48. The lowest BCUT2D eigenvalue weighted by Crippen LogP contribution is -2.52.